The number of nitrogens with one attached hydrogen (secondary N) is 1. The van der Waals surface area contributed by atoms with E-state index in [1.165, 1.54) is 0 Å². The first-order valence-corrected chi connectivity index (χ1v) is 7.52. The van der Waals surface area contributed by atoms with Crippen LogP contribution in [0.1, 0.15) is 6.92 Å². The fourth-order valence-corrected chi connectivity index (χ4v) is 1.99. The molecule has 0 amide bonds. The van der Waals surface area contributed by atoms with E-state index in [0.29, 0.717) is 13.1 Å². The van der Waals surface area contributed by atoms with Crippen LogP contribution in [0.15, 0.2) is 60.7 Å². The number of benzene rings is 2. The first-order chi connectivity index (χ1) is 10.7. The first-order valence-electron chi connectivity index (χ1n) is 7.52. The van der Waals surface area contributed by atoms with Gasteiger partial charge in [-0.15, -0.1) is 0 Å². The minimum atomic E-state index is -0.552. The zero-order valence-corrected chi connectivity index (χ0v) is 12.8. The highest BCUT2D eigenvalue weighted by Gasteiger charge is 2.07. The average Bonchev–Trinajstić information content (AvgIpc) is 2.55. The molecule has 0 saturated heterocycles. The summed E-state index contributed by atoms with van der Waals surface area (Å²) in [6, 6.07) is 19.2. The highest BCUT2D eigenvalue weighted by atomic mass is 16.5. The van der Waals surface area contributed by atoms with Crippen LogP contribution in [0.2, 0.25) is 0 Å². The van der Waals surface area contributed by atoms with Crippen molar-refractivity contribution in [3.63, 3.8) is 0 Å². The van der Waals surface area contributed by atoms with Gasteiger partial charge in [0.15, 0.2) is 0 Å². The summed E-state index contributed by atoms with van der Waals surface area (Å²) < 4.78 is 11.2. The molecule has 2 rings (SSSR count). The molecule has 118 valence electrons. The van der Waals surface area contributed by atoms with Crippen molar-refractivity contribution in [1.29, 1.82) is 0 Å². The topological polar surface area (TPSA) is 50.7 Å². The summed E-state index contributed by atoms with van der Waals surface area (Å²) in [6.07, 6.45) is -0.520. The Balaban J connectivity index is 1.59. The lowest BCUT2D eigenvalue weighted by Gasteiger charge is -2.17. The monoisotopic (exact) mass is 301 g/mol. The number of para-hydroxylation sites is 2. The second kappa shape index (κ2) is 9.07. The molecule has 0 spiro atoms. The zero-order chi connectivity index (χ0) is 15.6. The lowest BCUT2D eigenvalue weighted by Crippen LogP contribution is -2.36. The standard InChI is InChI=1S/C18H23NO3/c1-15(22-18-10-6-3-7-11-18)12-19-13-16(20)14-21-17-8-4-2-5-9-17/h2-11,15-16,19-20H,12-14H2,1H3/t15-,16+/m0/s1. The lowest BCUT2D eigenvalue weighted by atomic mass is 10.3. The molecule has 22 heavy (non-hydrogen) atoms. The molecule has 0 aliphatic rings. The molecule has 2 atom stereocenters. The van der Waals surface area contributed by atoms with E-state index in [4.69, 9.17) is 9.47 Å². The number of rotatable bonds is 9. The van der Waals surface area contributed by atoms with E-state index >= 15 is 0 Å². The maximum Gasteiger partial charge on any atom is 0.119 e. The molecule has 2 aromatic rings. The van der Waals surface area contributed by atoms with Crippen LogP contribution in [0.25, 0.3) is 0 Å². The molecule has 2 aromatic carbocycles. The van der Waals surface area contributed by atoms with Crippen molar-refractivity contribution in [1.82, 2.24) is 5.32 Å². The van der Waals surface area contributed by atoms with Gasteiger partial charge in [-0.3, -0.25) is 0 Å². The molecule has 0 aliphatic heterocycles. The SMILES string of the molecule is C[C@@H](CNC[C@@H](O)COc1ccccc1)Oc1ccccc1. The van der Waals surface area contributed by atoms with Gasteiger partial charge in [0.05, 0.1) is 0 Å². The van der Waals surface area contributed by atoms with E-state index in [0.717, 1.165) is 11.5 Å². The summed E-state index contributed by atoms with van der Waals surface area (Å²) >= 11 is 0. The smallest absolute Gasteiger partial charge is 0.119 e. The molecule has 0 bridgehead atoms. The van der Waals surface area contributed by atoms with Crippen molar-refractivity contribution in [2.45, 2.75) is 19.1 Å². The summed E-state index contributed by atoms with van der Waals surface area (Å²) in [5.74, 6) is 1.62. The Bertz CT molecular complexity index is 518. The predicted octanol–water partition coefficient (Wildman–Crippen LogP) is 2.48. The zero-order valence-electron chi connectivity index (χ0n) is 12.8. The van der Waals surface area contributed by atoms with Gasteiger partial charge in [-0.05, 0) is 31.2 Å². The lowest BCUT2D eigenvalue weighted by molar-refractivity contribution is 0.103. The van der Waals surface area contributed by atoms with Crippen molar-refractivity contribution >= 4 is 0 Å². The quantitative estimate of drug-likeness (QED) is 0.747. The summed E-state index contributed by atoms with van der Waals surface area (Å²) in [5, 5.41) is 13.1. The van der Waals surface area contributed by atoms with Crippen LogP contribution in [0.3, 0.4) is 0 Å². The number of ether oxygens (including phenoxy) is 2. The van der Waals surface area contributed by atoms with Gasteiger partial charge in [-0.25, -0.2) is 0 Å². The van der Waals surface area contributed by atoms with Crippen LogP contribution in [0.5, 0.6) is 11.5 Å². The Hall–Kier alpha value is -2.04. The largest absolute Gasteiger partial charge is 0.491 e. The highest BCUT2D eigenvalue weighted by molar-refractivity contribution is 5.21. The van der Waals surface area contributed by atoms with Gasteiger partial charge in [-0.1, -0.05) is 36.4 Å². The van der Waals surface area contributed by atoms with Gasteiger partial charge in [0, 0.05) is 13.1 Å². The molecule has 4 nitrogen and oxygen atoms in total. The van der Waals surface area contributed by atoms with Crippen molar-refractivity contribution in [3.05, 3.63) is 60.7 Å². The molecule has 2 N–H and O–H groups in total. The van der Waals surface area contributed by atoms with Gasteiger partial charge >= 0.3 is 0 Å². The van der Waals surface area contributed by atoms with E-state index in [1.54, 1.807) is 0 Å². The summed E-state index contributed by atoms with van der Waals surface area (Å²) in [7, 11) is 0. The van der Waals surface area contributed by atoms with Gasteiger partial charge in [0.1, 0.15) is 30.3 Å². The van der Waals surface area contributed by atoms with Crippen LogP contribution in [0.4, 0.5) is 0 Å². The predicted molar refractivity (Wildman–Crippen MR) is 87.3 cm³/mol. The van der Waals surface area contributed by atoms with E-state index in [2.05, 4.69) is 5.32 Å². The second-order valence-corrected chi connectivity index (χ2v) is 5.18. The van der Waals surface area contributed by atoms with Crippen LogP contribution in [0, 0.1) is 0 Å². The van der Waals surface area contributed by atoms with Crippen LogP contribution in [-0.4, -0.2) is 37.0 Å². The molecule has 0 unspecified atom stereocenters. The molecule has 0 aromatic heterocycles. The third-order valence-corrected chi connectivity index (χ3v) is 3.08. The minimum absolute atomic E-state index is 0.0321. The number of hydrogen-bond acceptors (Lipinski definition) is 4. The van der Waals surface area contributed by atoms with Crippen molar-refractivity contribution in [3.8, 4) is 11.5 Å². The fourth-order valence-electron chi connectivity index (χ4n) is 1.99. The normalized spacial score (nSPS) is 13.4. The average molecular weight is 301 g/mol. The molecular formula is C18H23NO3. The summed E-state index contributed by atoms with van der Waals surface area (Å²) in [4.78, 5) is 0. The van der Waals surface area contributed by atoms with Crippen molar-refractivity contribution < 1.29 is 14.6 Å². The molecule has 0 aliphatic carbocycles. The Morgan fingerprint density at radius 3 is 2.14 bits per heavy atom. The molecule has 0 fully saturated rings. The Labute approximate surface area is 131 Å². The van der Waals surface area contributed by atoms with Crippen LogP contribution >= 0.6 is 0 Å². The van der Waals surface area contributed by atoms with Crippen LogP contribution in [-0.2, 0) is 0 Å². The molecule has 0 heterocycles. The fraction of sp³-hybridized carbons (Fsp3) is 0.333. The molecule has 0 saturated carbocycles. The third-order valence-electron chi connectivity index (χ3n) is 3.08. The third kappa shape index (κ3) is 6.16. The van der Waals surface area contributed by atoms with Gasteiger partial charge < -0.3 is 19.9 Å². The second-order valence-electron chi connectivity index (χ2n) is 5.18. The van der Waals surface area contributed by atoms with Crippen LogP contribution < -0.4 is 14.8 Å². The minimum Gasteiger partial charge on any atom is -0.491 e. The Morgan fingerprint density at radius 1 is 0.909 bits per heavy atom. The van der Waals surface area contributed by atoms with Gasteiger partial charge in [-0.2, -0.15) is 0 Å². The summed E-state index contributed by atoms with van der Waals surface area (Å²) in [6.45, 7) is 3.39. The number of aliphatic hydroxyl groups is 1. The van der Waals surface area contributed by atoms with E-state index in [-0.39, 0.29) is 12.7 Å². The van der Waals surface area contributed by atoms with Crippen molar-refractivity contribution in [2.75, 3.05) is 19.7 Å². The number of aliphatic hydroxyl groups excluding tert-OH is 1. The van der Waals surface area contributed by atoms with E-state index < -0.39 is 6.10 Å². The summed E-state index contributed by atoms with van der Waals surface area (Å²) in [5.41, 5.74) is 0. The Kier molecular flexibility index (Phi) is 6.74. The highest BCUT2D eigenvalue weighted by Crippen LogP contribution is 2.10. The van der Waals surface area contributed by atoms with Gasteiger partial charge in [0.25, 0.3) is 0 Å². The molecule has 4 heteroatoms. The Morgan fingerprint density at radius 2 is 1.50 bits per heavy atom. The first kappa shape index (κ1) is 16.3. The maximum absolute atomic E-state index is 9.88. The number of hydrogen-bond donors (Lipinski definition) is 2. The molecule has 0 radical (unpaired) electrons. The maximum atomic E-state index is 9.88. The molecular weight excluding hydrogens is 278 g/mol. The van der Waals surface area contributed by atoms with Crippen molar-refractivity contribution in [2.24, 2.45) is 0 Å². The van der Waals surface area contributed by atoms with E-state index in [9.17, 15) is 5.11 Å². The van der Waals surface area contributed by atoms with E-state index in [1.807, 2.05) is 67.6 Å². The van der Waals surface area contributed by atoms with Gasteiger partial charge in [0.2, 0.25) is 0 Å².